The van der Waals surface area contributed by atoms with Gasteiger partial charge in [0.1, 0.15) is 11.8 Å². The Labute approximate surface area is 152 Å². The van der Waals surface area contributed by atoms with Crippen LogP contribution in [0.1, 0.15) is 32.7 Å². The molecule has 0 fully saturated rings. The molecule has 2 aromatic carbocycles. The number of rotatable bonds is 2. The predicted molar refractivity (Wildman–Crippen MR) is 100 cm³/mol. The Morgan fingerprint density at radius 3 is 2.50 bits per heavy atom. The Bertz CT molecular complexity index is 1010. The molecule has 26 heavy (non-hydrogen) atoms. The molecule has 0 radical (unpaired) electrons. The molecule has 128 valence electrons. The summed E-state index contributed by atoms with van der Waals surface area (Å²) in [4.78, 5) is 15.1. The Hall–Kier alpha value is -3.32. The topological polar surface area (TPSA) is 49.0 Å². The maximum absolute atomic E-state index is 13.3. The Morgan fingerprint density at radius 2 is 1.77 bits per heavy atom. The van der Waals surface area contributed by atoms with E-state index in [0.29, 0.717) is 24.3 Å². The number of hydrogen-bond donors (Lipinski definition) is 0. The molecular weight excluding hydrogens is 322 g/mol. The van der Waals surface area contributed by atoms with Crippen LogP contribution in [0.5, 0.6) is 0 Å². The first-order valence-electron chi connectivity index (χ1n) is 8.72. The number of nitriles is 1. The van der Waals surface area contributed by atoms with Gasteiger partial charge in [0, 0.05) is 25.0 Å². The zero-order valence-corrected chi connectivity index (χ0v) is 14.6. The number of carbonyl (C=O) groups is 1. The van der Waals surface area contributed by atoms with E-state index < -0.39 is 0 Å². The zero-order valence-electron chi connectivity index (χ0n) is 14.6. The minimum absolute atomic E-state index is 0.0957. The van der Waals surface area contributed by atoms with Crippen LogP contribution in [0.4, 0.5) is 0 Å². The highest BCUT2D eigenvalue weighted by molar-refractivity contribution is 5.96. The van der Waals surface area contributed by atoms with Crippen LogP contribution < -0.4 is 0 Å². The molecule has 0 unspecified atom stereocenters. The summed E-state index contributed by atoms with van der Waals surface area (Å²) < 4.78 is 1.82. The van der Waals surface area contributed by atoms with Crippen LogP contribution in [0.25, 0.3) is 5.69 Å². The van der Waals surface area contributed by atoms with Gasteiger partial charge in [-0.3, -0.25) is 4.79 Å². The molecule has 0 bridgehead atoms. The second-order valence-electron chi connectivity index (χ2n) is 6.64. The Balaban J connectivity index is 1.71. The van der Waals surface area contributed by atoms with E-state index in [1.165, 1.54) is 11.1 Å². The molecule has 1 aliphatic rings. The molecule has 2 heterocycles. The molecule has 1 amide bonds. The third kappa shape index (κ3) is 2.78. The van der Waals surface area contributed by atoms with E-state index in [9.17, 15) is 10.1 Å². The molecule has 0 spiro atoms. The lowest BCUT2D eigenvalue weighted by Crippen LogP contribution is -2.37. The van der Waals surface area contributed by atoms with Crippen molar-refractivity contribution in [3.63, 3.8) is 0 Å². The summed E-state index contributed by atoms with van der Waals surface area (Å²) in [6.45, 7) is 3.27. The quantitative estimate of drug-likeness (QED) is 0.711. The Kier molecular flexibility index (Phi) is 4.06. The molecule has 3 aromatic rings. The first-order chi connectivity index (χ1) is 12.7. The predicted octanol–water partition coefficient (Wildman–Crippen LogP) is 3.86. The summed E-state index contributed by atoms with van der Waals surface area (Å²) in [5.74, 6) is -0.0957. The smallest absolute Gasteiger partial charge is 0.272 e. The monoisotopic (exact) mass is 341 g/mol. The van der Waals surface area contributed by atoms with Gasteiger partial charge in [-0.1, -0.05) is 42.0 Å². The van der Waals surface area contributed by atoms with E-state index >= 15 is 0 Å². The number of amides is 1. The van der Waals surface area contributed by atoms with Crippen molar-refractivity contribution < 1.29 is 4.79 Å². The minimum Gasteiger partial charge on any atom is -0.333 e. The average molecular weight is 341 g/mol. The maximum Gasteiger partial charge on any atom is 0.272 e. The van der Waals surface area contributed by atoms with Gasteiger partial charge in [-0.25, -0.2) is 0 Å². The van der Waals surface area contributed by atoms with Gasteiger partial charge in [-0.05, 0) is 42.7 Å². The van der Waals surface area contributed by atoms with Gasteiger partial charge in [0.05, 0.1) is 5.56 Å². The van der Waals surface area contributed by atoms with E-state index in [-0.39, 0.29) is 5.91 Å². The highest BCUT2D eigenvalue weighted by Gasteiger charge is 2.26. The number of nitrogens with zero attached hydrogens (tertiary/aromatic N) is 3. The summed E-state index contributed by atoms with van der Waals surface area (Å²) in [5.41, 5.74) is 5.37. The van der Waals surface area contributed by atoms with Gasteiger partial charge in [0.15, 0.2) is 0 Å². The highest BCUT2D eigenvalue weighted by atomic mass is 16.2. The number of aryl methyl sites for hydroxylation is 1. The van der Waals surface area contributed by atoms with E-state index in [0.717, 1.165) is 17.7 Å². The first kappa shape index (κ1) is 16.2. The molecular formula is C22H19N3O. The largest absolute Gasteiger partial charge is 0.333 e. The van der Waals surface area contributed by atoms with Crippen LogP contribution in [0.15, 0.2) is 60.8 Å². The number of carbonyl (C=O) groups excluding carboxylic acids is 1. The van der Waals surface area contributed by atoms with Crippen molar-refractivity contribution in [3.05, 3.63) is 88.7 Å². The molecule has 0 atom stereocenters. The second kappa shape index (κ2) is 6.53. The maximum atomic E-state index is 13.3. The molecule has 0 aliphatic carbocycles. The summed E-state index contributed by atoms with van der Waals surface area (Å²) in [6.07, 6.45) is 2.64. The SMILES string of the molecule is Cc1ccc(-n2ccc(C#N)c2C(=O)N2CCc3ccccc3C2)cc1. The fraction of sp³-hybridized carbons (Fsp3) is 0.182. The van der Waals surface area contributed by atoms with Gasteiger partial charge in [-0.15, -0.1) is 0 Å². The lowest BCUT2D eigenvalue weighted by Gasteiger charge is -2.29. The van der Waals surface area contributed by atoms with E-state index in [1.807, 2.05) is 52.8 Å². The summed E-state index contributed by atoms with van der Waals surface area (Å²) in [7, 11) is 0. The lowest BCUT2D eigenvalue weighted by atomic mass is 9.99. The van der Waals surface area contributed by atoms with Crippen molar-refractivity contribution in [3.8, 4) is 11.8 Å². The number of aromatic nitrogens is 1. The van der Waals surface area contributed by atoms with E-state index in [1.54, 1.807) is 12.3 Å². The van der Waals surface area contributed by atoms with Gasteiger partial charge in [-0.2, -0.15) is 5.26 Å². The van der Waals surface area contributed by atoms with Gasteiger partial charge in [0.25, 0.3) is 5.91 Å². The van der Waals surface area contributed by atoms with Crippen LogP contribution in [-0.2, 0) is 13.0 Å². The Morgan fingerprint density at radius 1 is 1.04 bits per heavy atom. The lowest BCUT2D eigenvalue weighted by molar-refractivity contribution is 0.0726. The second-order valence-corrected chi connectivity index (χ2v) is 6.64. The minimum atomic E-state index is -0.0957. The standard InChI is InChI=1S/C22H19N3O/c1-16-6-8-20(9-7-16)25-13-11-18(14-23)21(25)22(26)24-12-10-17-4-2-3-5-19(17)15-24/h2-9,11,13H,10,12,15H2,1H3. The third-order valence-electron chi connectivity index (χ3n) is 4.94. The normalized spacial score (nSPS) is 13.2. The highest BCUT2D eigenvalue weighted by Crippen LogP contribution is 2.24. The van der Waals surface area contributed by atoms with Crippen LogP contribution in [0.3, 0.4) is 0 Å². The molecule has 4 nitrogen and oxygen atoms in total. The van der Waals surface area contributed by atoms with Crippen LogP contribution in [0.2, 0.25) is 0 Å². The zero-order chi connectivity index (χ0) is 18.1. The summed E-state index contributed by atoms with van der Waals surface area (Å²) in [6, 6.07) is 20.1. The van der Waals surface area contributed by atoms with E-state index in [2.05, 4.69) is 18.2 Å². The fourth-order valence-corrected chi connectivity index (χ4v) is 3.48. The van der Waals surface area contributed by atoms with Crippen LogP contribution in [-0.4, -0.2) is 21.9 Å². The van der Waals surface area contributed by atoms with Gasteiger partial charge < -0.3 is 9.47 Å². The molecule has 4 rings (SSSR count). The van der Waals surface area contributed by atoms with Crippen molar-refractivity contribution in [1.82, 2.24) is 9.47 Å². The molecule has 4 heteroatoms. The molecule has 0 saturated heterocycles. The van der Waals surface area contributed by atoms with Crippen molar-refractivity contribution >= 4 is 5.91 Å². The van der Waals surface area contributed by atoms with Crippen molar-refractivity contribution in [2.24, 2.45) is 0 Å². The molecule has 1 aromatic heterocycles. The van der Waals surface area contributed by atoms with Crippen molar-refractivity contribution in [1.29, 1.82) is 5.26 Å². The summed E-state index contributed by atoms with van der Waals surface area (Å²) >= 11 is 0. The fourth-order valence-electron chi connectivity index (χ4n) is 3.48. The van der Waals surface area contributed by atoms with Crippen LogP contribution >= 0.6 is 0 Å². The first-order valence-corrected chi connectivity index (χ1v) is 8.72. The number of fused-ring (bicyclic) bond motifs is 1. The number of hydrogen-bond acceptors (Lipinski definition) is 2. The van der Waals surface area contributed by atoms with Crippen LogP contribution in [0, 0.1) is 18.3 Å². The average Bonchev–Trinajstić information content (AvgIpc) is 3.11. The summed E-state index contributed by atoms with van der Waals surface area (Å²) in [5, 5.41) is 9.49. The molecule has 1 aliphatic heterocycles. The van der Waals surface area contributed by atoms with Gasteiger partial charge in [0.2, 0.25) is 0 Å². The third-order valence-corrected chi connectivity index (χ3v) is 4.94. The van der Waals surface area contributed by atoms with Gasteiger partial charge >= 0.3 is 0 Å². The van der Waals surface area contributed by atoms with Crippen molar-refractivity contribution in [2.75, 3.05) is 6.54 Å². The molecule has 0 N–H and O–H groups in total. The van der Waals surface area contributed by atoms with E-state index in [4.69, 9.17) is 0 Å². The number of benzene rings is 2. The molecule has 0 saturated carbocycles. The van der Waals surface area contributed by atoms with Crippen molar-refractivity contribution in [2.45, 2.75) is 19.9 Å².